The molecule has 0 aliphatic heterocycles. The lowest BCUT2D eigenvalue weighted by molar-refractivity contribution is -0.137. The summed E-state index contributed by atoms with van der Waals surface area (Å²) in [6, 6.07) is 0. The van der Waals surface area contributed by atoms with E-state index in [-0.39, 0.29) is 24.8 Å². The maximum absolute atomic E-state index is 10.3. The Labute approximate surface area is 134 Å². The molecule has 0 saturated carbocycles. The van der Waals surface area contributed by atoms with Crippen LogP contribution in [0.4, 0.5) is 0 Å². The molecule has 0 bridgehead atoms. The molecule has 0 radical (unpaired) electrons. The molecule has 0 rings (SSSR count). The minimum Gasteiger partial charge on any atom is -0.463 e. The van der Waals surface area contributed by atoms with Gasteiger partial charge in [0.05, 0.1) is 44.7 Å². The van der Waals surface area contributed by atoms with Crippen molar-refractivity contribution >= 4 is 5.97 Å². The number of aliphatic hydroxyl groups excluding tert-OH is 2. The van der Waals surface area contributed by atoms with Crippen molar-refractivity contribution < 1.29 is 29.2 Å². The van der Waals surface area contributed by atoms with Crippen molar-refractivity contribution in [3.63, 3.8) is 0 Å². The Kier molecular flexibility index (Phi) is 17.4. The zero-order chi connectivity index (χ0) is 17.4. The first-order valence-electron chi connectivity index (χ1n) is 7.68. The molecule has 0 aliphatic carbocycles. The second-order valence-electron chi connectivity index (χ2n) is 5.04. The largest absolute Gasteiger partial charge is 0.463 e. The Bertz CT molecular complexity index is 267. The van der Waals surface area contributed by atoms with Crippen molar-refractivity contribution in [3.8, 4) is 0 Å². The van der Waals surface area contributed by atoms with E-state index in [1.807, 2.05) is 13.8 Å². The van der Waals surface area contributed by atoms with Crippen LogP contribution in [0.3, 0.4) is 0 Å². The first-order valence-corrected chi connectivity index (χ1v) is 7.68. The Balaban J connectivity index is 0. The van der Waals surface area contributed by atoms with Crippen LogP contribution < -0.4 is 0 Å². The Morgan fingerprint density at radius 3 is 2.23 bits per heavy atom. The third-order valence-corrected chi connectivity index (χ3v) is 2.40. The van der Waals surface area contributed by atoms with Gasteiger partial charge in [0.15, 0.2) is 0 Å². The highest BCUT2D eigenvalue weighted by atomic mass is 16.5. The van der Waals surface area contributed by atoms with Gasteiger partial charge < -0.3 is 24.4 Å². The molecule has 0 aliphatic rings. The van der Waals surface area contributed by atoms with Crippen molar-refractivity contribution in [2.75, 3.05) is 26.4 Å². The van der Waals surface area contributed by atoms with Crippen LogP contribution in [0.1, 0.15) is 40.5 Å². The molecule has 3 atom stereocenters. The van der Waals surface area contributed by atoms with Crippen molar-refractivity contribution in [2.24, 2.45) is 0 Å². The Morgan fingerprint density at radius 1 is 1.18 bits per heavy atom. The molecule has 6 heteroatoms. The predicted octanol–water partition coefficient (Wildman–Crippen LogP) is 1.69. The molecular weight excluding hydrogens is 288 g/mol. The lowest BCUT2D eigenvalue weighted by atomic mass is 10.4. The van der Waals surface area contributed by atoms with Crippen LogP contribution in [-0.2, 0) is 19.0 Å². The van der Waals surface area contributed by atoms with E-state index in [0.29, 0.717) is 19.8 Å². The summed E-state index contributed by atoms with van der Waals surface area (Å²) in [5.74, 6) is -0.330. The van der Waals surface area contributed by atoms with Crippen LogP contribution in [0.15, 0.2) is 12.7 Å². The molecule has 0 heterocycles. The number of rotatable bonds is 11. The minimum atomic E-state index is -0.447. The van der Waals surface area contributed by atoms with E-state index in [4.69, 9.17) is 19.7 Å². The third kappa shape index (κ3) is 19.1. The normalized spacial score (nSPS) is 14.3. The topological polar surface area (TPSA) is 85.2 Å². The van der Waals surface area contributed by atoms with Gasteiger partial charge in [0.1, 0.15) is 0 Å². The highest BCUT2D eigenvalue weighted by Crippen LogP contribution is 1.97. The van der Waals surface area contributed by atoms with Crippen molar-refractivity contribution in [2.45, 2.75) is 58.8 Å². The van der Waals surface area contributed by atoms with Crippen molar-refractivity contribution in [1.29, 1.82) is 0 Å². The van der Waals surface area contributed by atoms with Gasteiger partial charge in [-0.1, -0.05) is 19.9 Å². The van der Waals surface area contributed by atoms with Crippen LogP contribution in [0.5, 0.6) is 0 Å². The fourth-order valence-corrected chi connectivity index (χ4v) is 1.08. The van der Waals surface area contributed by atoms with Crippen molar-refractivity contribution in [3.05, 3.63) is 12.7 Å². The zero-order valence-electron chi connectivity index (χ0n) is 14.3. The second-order valence-corrected chi connectivity index (χ2v) is 5.04. The fraction of sp³-hybridized carbons (Fsp3) is 0.812. The molecule has 2 N–H and O–H groups in total. The third-order valence-electron chi connectivity index (χ3n) is 2.40. The molecule has 0 aromatic heterocycles. The number of esters is 1. The van der Waals surface area contributed by atoms with Gasteiger partial charge in [0, 0.05) is 6.08 Å². The van der Waals surface area contributed by atoms with Gasteiger partial charge >= 0.3 is 5.97 Å². The molecule has 0 fully saturated rings. The van der Waals surface area contributed by atoms with E-state index in [2.05, 4.69) is 11.3 Å². The highest BCUT2D eigenvalue weighted by molar-refractivity contribution is 5.81. The Hall–Kier alpha value is -0.950. The molecule has 0 saturated heterocycles. The van der Waals surface area contributed by atoms with Gasteiger partial charge in [-0.15, -0.1) is 0 Å². The van der Waals surface area contributed by atoms with E-state index >= 15 is 0 Å². The smallest absolute Gasteiger partial charge is 0.330 e. The summed E-state index contributed by atoms with van der Waals surface area (Å²) in [5.41, 5.74) is 0. The molecular formula is C16H32O6. The van der Waals surface area contributed by atoms with E-state index in [9.17, 15) is 4.79 Å². The summed E-state index contributed by atoms with van der Waals surface area (Å²) in [6.45, 7) is 11.9. The van der Waals surface area contributed by atoms with Gasteiger partial charge in [-0.05, 0) is 27.2 Å². The molecule has 0 spiro atoms. The van der Waals surface area contributed by atoms with E-state index in [1.165, 1.54) is 6.08 Å². The highest BCUT2D eigenvalue weighted by Gasteiger charge is 2.07. The number of carbonyl (C=O) groups excluding carboxylic acids is 1. The summed E-state index contributed by atoms with van der Waals surface area (Å²) < 4.78 is 15.1. The average molecular weight is 320 g/mol. The SMILES string of the molecule is C=CC(=O)OCCCC.CC(O)COC(C)COC(C)CO. The fourth-order valence-electron chi connectivity index (χ4n) is 1.08. The molecule has 0 amide bonds. The minimum absolute atomic E-state index is 0.0170. The summed E-state index contributed by atoms with van der Waals surface area (Å²) in [7, 11) is 0. The summed E-state index contributed by atoms with van der Waals surface area (Å²) in [5, 5.41) is 17.6. The molecule has 0 aromatic rings. The summed E-state index contributed by atoms with van der Waals surface area (Å²) in [4.78, 5) is 10.3. The van der Waals surface area contributed by atoms with Gasteiger partial charge in [0.25, 0.3) is 0 Å². The van der Waals surface area contributed by atoms with Crippen molar-refractivity contribution in [1.82, 2.24) is 0 Å². The first-order chi connectivity index (χ1) is 10.4. The number of hydrogen-bond acceptors (Lipinski definition) is 6. The second kappa shape index (κ2) is 16.4. The first kappa shape index (κ1) is 23.3. The van der Waals surface area contributed by atoms with Gasteiger partial charge in [0.2, 0.25) is 0 Å². The van der Waals surface area contributed by atoms with Crippen LogP contribution in [0, 0.1) is 0 Å². The average Bonchev–Trinajstić information content (AvgIpc) is 2.51. The summed E-state index contributed by atoms with van der Waals surface area (Å²) in [6.07, 6.45) is 2.50. The maximum atomic E-state index is 10.3. The molecule has 22 heavy (non-hydrogen) atoms. The van der Waals surface area contributed by atoms with E-state index < -0.39 is 6.10 Å². The van der Waals surface area contributed by atoms with Crippen LogP contribution in [0.25, 0.3) is 0 Å². The Morgan fingerprint density at radius 2 is 1.77 bits per heavy atom. The van der Waals surface area contributed by atoms with Crippen LogP contribution in [-0.4, -0.2) is 60.9 Å². The van der Waals surface area contributed by atoms with Gasteiger partial charge in [-0.3, -0.25) is 0 Å². The molecule has 0 aromatic carbocycles. The zero-order valence-corrected chi connectivity index (χ0v) is 14.3. The van der Waals surface area contributed by atoms with Gasteiger partial charge in [-0.2, -0.15) is 0 Å². The van der Waals surface area contributed by atoms with Crippen LogP contribution >= 0.6 is 0 Å². The lowest BCUT2D eigenvalue weighted by Gasteiger charge is -2.16. The number of hydrogen-bond donors (Lipinski definition) is 2. The van der Waals surface area contributed by atoms with Crippen LogP contribution in [0.2, 0.25) is 0 Å². The number of ether oxygens (including phenoxy) is 3. The number of carbonyl (C=O) groups is 1. The molecule has 132 valence electrons. The van der Waals surface area contributed by atoms with Gasteiger partial charge in [-0.25, -0.2) is 4.79 Å². The monoisotopic (exact) mass is 320 g/mol. The van der Waals surface area contributed by atoms with E-state index in [0.717, 1.165) is 12.8 Å². The lowest BCUT2D eigenvalue weighted by Crippen LogP contribution is -2.24. The summed E-state index contributed by atoms with van der Waals surface area (Å²) >= 11 is 0. The molecule has 6 nitrogen and oxygen atoms in total. The predicted molar refractivity (Wildman–Crippen MR) is 85.7 cm³/mol. The van der Waals surface area contributed by atoms with E-state index in [1.54, 1.807) is 13.8 Å². The maximum Gasteiger partial charge on any atom is 0.330 e. The quantitative estimate of drug-likeness (QED) is 0.342. The standard InChI is InChI=1S/C9H20O4.C7H12O2/c1-7(11)5-12-9(3)6-13-8(2)4-10;1-3-5-6-9-7(8)4-2/h7-11H,4-6H2,1-3H3;4H,2-3,5-6H2,1H3. The number of unbranched alkanes of at least 4 members (excludes halogenated alkanes) is 1. The number of aliphatic hydroxyl groups is 2. The molecule has 3 unspecified atom stereocenters.